The summed E-state index contributed by atoms with van der Waals surface area (Å²) in [5.41, 5.74) is 5.23. The molecule has 34 heavy (non-hydrogen) atoms. The molecule has 0 saturated heterocycles. The predicted molar refractivity (Wildman–Crippen MR) is 133 cm³/mol. The number of carbonyl (C=O) groups excluding carboxylic acids is 2. The van der Waals surface area contributed by atoms with Gasteiger partial charge in [0, 0.05) is 49.3 Å². The van der Waals surface area contributed by atoms with Crippen molar-refractivity contribution in [1.29, 1.82) is 0 Å². The molecular weight excluding hydrogens is 432 g/mol. The summed E-state index contributed by atoms with van der Waals surface area (Å²) < 4.78 is 6.61. The molecule has 1 heterocycles. The fourth-order valence-corrected chi connectivity index (χ4v) is 3.40. The van der Waals surface area contributed by atoms with E-state index < -0.39 is 5.97 Å². The van der Waals surface area contributed by atoms with Gasteiger partial charge in [0.15, 0.2) is 0 Å². The molecule has 0 saturated carbocycles. The number of amides is 1. The highest BCUT2D eigenvalue weighted by atomic mass is 16.5. The van der Waals surface area contributed by atoms with E-state index >= 15 is 0 Å². The fourth-order valence-electron chi connectivity index (χ4n) is 3.40. The van der Waals surface area contributed by atoms with Crippen LogP contribution in [0.5, 0.6) is 0 Å². The van der Waals surface area contributed by atoms with E-state index in [0.29, 0.717) is 23.4 Å². The number of nitrogens with one attached hydrogen (secondary N) is 2. The smallest absolute Gasteiger partial charge is 0.337 e. The lowest BCUT2D eigenvalue weighted by molar-refractivity contribution is 0.0600. The molecule has 0 radical (unpaired) electrons. The lowest BCUT2D eigenvalue weighted by Crippen LogP contribution is -2.36. The van der Waals surface area contributed by atoms with E-state index in [2.05, 4.69) is 20.7 Å². The molecule has 178 valence electrons. The van der Waals surface area contributed by atoms with E-state index in [-0.39, 0.29) is 11.9 Å². The van der Waals surface area contributed by atoms with Crippen LogP contribution in [0, 0.1) is 13.8 Å². The molecule has 0 aliphatic heterocycles. The van der Waals surface area contributed by atoms with Crippen molar-refractivity contribution in [2.75, 3.05) is 31.4 Å². The lowest BCUT2D eigenvalue weighted by Gasteiger charge is -2.15. The summed E-state index contributed by atoms with van der Waals surface area (Å²) in [5, 5.41) is 10.4. The average Bonchev–Trinajstić information content (AvgIpc) is 3.07. The Bertz CT molecular complexity index is 1230. The number of hydrogen-bond acceptors (Lipinski definition) is 6. The first-order valence-electron chi connectivity index (χ1n) is 10.8. The number of methoxy groups -OCH3 is 1. The number of benzene rings is 2. The molecule has 3 aromatic rings. The Morgan fingerprint density at radius 2 is 1.79 bits per heavy atom. The number of hydrogen-bond donors (Lipinski definition) is 2. The second-order valence-electron chi connectivity index (χ2n) is 8.03. The summed E-state index contributed by atoms with van der Waals surface area (Å²) in [6, 6.07) is 14.1. The van der Waals surface area contributed by atoms with E-state index in [1.54, 1.807) is 41.1 Å². The molecule has 0 spiro atoms. The molecule has 3 rings (SSSR count). The molecular formula is C25H30N6O3. The standard InChI is InChI=1S/C25H30N6O3/c1-16-22(17(2)31(5)29-16)15-26-25(27-20-11-7-10-19(13-20)24(33)34-6)28-23(32)18-9-8-12-21(14-18)30(3)4/h7-14H,15H2,1-6H3,(H2,26,27,28,32). The molecule has 9 nitrogen and oxygen atoms in total. The van der Waals surface area contributed by atoms with Crippen LogP contribution in [-0.4, -0.2) is 48.8 Å². The van der Waals surface area contributed by atoms with Gasteiger partial charge in [0.1, 0.15) is 0 Å². The molecule has 0 unspecified atom stereocenters. The molecule has 1 aromatic heterocycles. The van der Waals surface area contributed by atoms with Crippen LogP contribution in [-0.2, 0) is 18.3 Å². The summed E-state index contributed by atoms with van der Waals surface area (Å²) in [6.45, 7) is 4.22. The second kappa shape index (κ2) is 10.7. The minimum atomic E-state index is -0.451. The van der Waals surface area contributed by atoms with Crippen molar-refractivity contribution in [3.05, 3.63) is 76.6 Å². The molecule has 2 N–H and O–H groups in total. The van der Waals surface area contributed by atoms with Crippen molar-refractivity contribution in [3.63, 3.8) is 0 Å². The van der Waals surface area contributed by atoms with Crippen LogP contribution < -0.4 is 15.5 Å². The van der Waals surface area contributed by atoms with Crippen LogP contribution in [0.1, 0.15) is 37.7 Å². The largest absolute Gasteiger partial charge is 0.465 e. The molecule has 0 bridgehead atoms. The number of rotatable bonds is 6. The molecule has 0 aliphatic carbocycles. The van der Waals surface area contributed by atoms with E-state index in [1.807, 2.05) is 52.0 Å². The maximum absolute atomic E-state index is 13.0. The van der Waals surface area contributed by atoms with Crippen LogP contribution in [0.4, 0.5) is 11.4 Å². The van der Waals surface area contributed by atoms with Crippen LogP contribution in [0.15, 0.2) is 53.5 Å². The first kappa shape index (κ1) is 24.5. The first-order valence-corrected chi connectivity index (χ1v) is 10.8. The number of aromatic nitrogens is 2. The molecule has 9 heteroatoms. The van der Waals surface area contributed by atoms with E-state index in [0.717, 1.165) is 22.6 Å². The van der Waals surface area contributed by atoms with Crippen molar-refractivity contribution in [2.24, 2.45) is 12.0 Å². The fraction of sp³-hybridized carbons (Fsp3) is 0.280. The monoisotopic (exact) mass is 462 g/mol. The number of anilines is 2. The molecule has 0 fully saturated rings. The Morgan fingerprint density at radius 1 is 1.09 bits per heavy atom. The van der Waals surface area contributed by atoms with E-state index in [1.165, 1.54) is 7.11 Å². The van der Waals surface area contributed by atoms with Gasteiger partial charge in [0.2, 0.25) is 5.96 Å². The van der Waals surface area contributed by atoms with Crippen molar-refractivity contribution >= 4 is 29.2 Å². The third kappa shape index (κ3) is 5.80. The van der Waals surface area contributed by atoms with Gasteiger partial charge in [-0.2, -0.15) is 5.10 Å². The van der Waals surface area contributed by atoms with Crippen LogP contribution in [0.3, 0.4) is 0 Å². The van der Waals surface area contributed by atoms with Crippen LogP contribution >= 0.6 is 0 Å². The second-order valence-corrected chi connectivity index (χ2v) is 8.03. The third-order valence-corrected chi connectivity index (χ3v) is 5.46. The number of aryl methyl sites for hydroxylation is 2. The molecule has 0 aliphatic rings. The zero-order chi connectivity index (χ0) is 24.8. The van der Waals surface area contributed by atoms with E-state index in [4.69, 9.17) is 4.74 Å². The highest BCUT2D eigenvalue weighted by molar-refractivity contribution is 6.10. The minimum absolute atomic E-state index is 0.255. The first-order chi connectivity index (χ1) is 16.2. The van der Waals surface area contributed by atoms with Gasteiger partial charge in [0.05, 0.1) is 24.9 Å². The SMILES string of the molecule is COC(=O)c1cccc(NC(=NCc2c(C)nn(C)c2C)NC(=O)c2cccc(N(C)C)c2)c1. The molecule has 1 amide bonds. The Hall–Kier alpha value is -4.14. The number of nitrogens with zero attached hydrogens (tertiary/aromatic N) is 4. The quantitative estimate of drug-likeness (QED) is 0.331. The Kier molecular flexibility index (Phi) is 7.68. The highest BCUT2D eigenvalue weighted by Crippen LogP contribution is 2.16. The lowest BCUT2D eigenvalue weighted by atomic mass is 10.2. The normalized spacial score (nSPS) is 11.2. The molecule has 0 atom stereocenters. The van der Waals surface area contributed by atoms with Crippen molar-refractivity contribution in [1.82, 2.24) is 15.1 Å². The van der Waals surface area contributed by atoms with Gasteiger partial charge in [-0.1, -0.05) is 12.1 Å². The average molecular weight is 463 g/mol. The minimum Gasteiger partial charge on any atom is -0.465 e. The highest BCUT2D eigenvalue weighted by Gasteiger charge is 2.14. The van der Waals surface area contributed by atoms with Crippen molar-refractivity contribution in [2.45, 2.75) is 20.4 Å². The zero-order valence-corrected chi connectivity index (χ0v) is 20.3. The van der Waals surface area contributed by atoms with E-state index in [9.17, 15) is 9.59 Å². The number of esters is 1. The van der Waals surface area contributed by atoms with Crippen molar-refractivity contribution in [3.8, 4) is 0 Å². The number of guanidine groups is 1. The van der Waals surface area contributed by atoms with Gasteiger partial charge in [0.25, 0.3) is 5.91 Å². The van der Waals surface area contributed by atoms with Crippen molar-refractivity contribution < 1.29 is 14.3 Å². The van der Waals surface area contributed by atoms with Crippen LogP contribution in [0.2, 0.25) is 0 Å². The van der Waals surface area contributed by atoms with Crippen LogP contribution in [0.25, 0.3) is 0 Å². The Labute approximate surface area is 199 Å². The van der Waals surface area contributed by atoms with Gasteiger partial charge in [-0.15, -0.1) is 0 Å². The van der Waals surface area contributed by atoms with Gasteiger partial charge >= 0.3 is 5.97 Å². The van der Waals surface area contributed by atoms with Gasteiger partial charge in [-0.05, 0) is 50.2 Å². The van der Waals surface area contributed by atoms with Gasteiger partial charge in [-0.3, -0.25) is 14.8 Å². The third-order valence-electron chi connectivity index (χ3n) is 5.46. The summed E-state index contributed by atoms with van der Waals surface area (Å²) in [5.74, 6) is -0.503. The maximum atomic E-state index is 13.0. The zero-order valence-electron chi connectivity index (χ0n) is 20.3. The van der Waals surface area contributed by atoms with Gasteiger partial charge in [-0.25, -0.2) is 9.79 Å². The summed E-state index contributed by atoms with van der Waals surface area (Å²) >= 11 is 0. The summed E-state index contributed by atoms with van der Waals surface area (Å²) in [6.07, 6.45) is 0. The summed E-state index contributed by atoms with van der Waals surface area (Å²) in [4.78, 5) is 31.5. The number of ether oxygens (including phenoxy) is 1. The Balaban J connectivity index is 1.90. The summed E-state index contributed by atoms with van der Waals surface area (Å²) in [7, 11) is 7.04. The Morgan fingerprint density at radius 3 is 2.44 bits per heavy atom. The number of carbonyl (C=O) groups is 2. The maximum Gasteiger partial charge on any atom is 0.337 e. The number of aliphatic imine (C=N–C) groups is 1. The predicted octanol–water partition coefficient (Wildman–Crippen LogP) is 3.29. The topological polar surface area (TPSA) is 101 Å². The molecule has 2 aromatic carbocycles. The van der Waals surface area contributed by atoms with Gasteiger partial charge < -0.3 is 15.0 Å².